The van der Waals surface area contributed by atoms with Gasteiger partial charge < -0.3 is 5.73 Å². The molecule has 1 aromatic rings. The number of carbonyl (C=O) groups is 1. The SMILES string of the molecule is NC(=O)[C@@H]1CCCN(Cc2cccc(Cl)c2Cl)C1. The number of rotatable bonds is 3. The topological polar surface area (TPSA) is 46.3 Å². The summed E-state index contributed by atoms with van der Waals surface area (Å²) in [6, 6.07) is 5.62. The second-order valence-corrected chi connectivity index (χ2v) is 5.47. The van der Waals surface area contributed by atoms with E-state index in [9.17, 15) is 4.79 Å². The molecule has 0 spiro atoms. The van der Waals surface area contributed by atoms with Gasteiger partial charge in [-0.05, 0) is 31.0 Å². The Balaban J connectivity index is 2.05. The molecule has 1 aromatic carbocycles. The highest BCUT2D eigenvalue weighted by Gasteiger charge is 2.24. The van der Waals surface area contributed by atoms with Crippen molar-refractivity contribution in [2.45, 2.75) is 19.4 Å². The molecule has 18 heavy (non-hydrogen) atoms. The number of carbonyl (C=O) groups excluding carboxylic acids is 1. The zero-order chi connectivity index (χ0) is 13.1. The van der Waals surface area contributed by atoms with Gasteiger partial charge in [-0.3, -0.25) is 9.69 Å². The first-order valence-corrected chi connectivity index (χ1v) is 6.78. The van der Waals surface area contributed by atoms with Gasteiger partial charge in [-0.2, -0.15) is 0 Å². The van der Waals surface area contributed by atoms with Gasteiger partial charge in [0.2, 0.25) is 5.91 Å². The molecule has 1 fully saturated rings. The van der Waals surface area contributed by atoms with Crippen molar-refractivity contribution in [1.29, 1.82) is 0 Å². The van der Waals surface area contributed by atoms with E-state index in [1.807, 2.05) is 12.1 Å². The smallest absolute Gasteiger partial charge is 0.221 e. The number of nitrogens with zero attached hydrogens (tertiary/aromatic N) is 1. The van der Waals surface area contributed by atoms with Crippen molar-refractivity contribution >= 4 is 29.1 Å². The quantitative estimate of drug-likeness (QED) is 0.929. The number of primary amides is 1. The first kappa shape index (κ1) is 13.7. The lowest BCUT2D eigenvalue weighted by Crippen LogP contribution is -2.40. The number of nitrogens with two attached hydrogens (primary N) is 1. The zero-order valence-electron chi connectivity index (χ0n) is 10.0. The normalized spacial score (nSPS) is 20.9. The van der Waals surface area contributed by atoms with Crippen molar-refractivity contribution < 1.29 is 4.79 Å². The summed E-state index contributed by atoms with van der Waals surface area (Å²) in [4.78, 5) is 13.4. The van der Waals surface area contributed by atoms with E-state index in [0.29, 0.717) is 23.1 Å². The van der Waals surface area contributed by atoms with Crippen molar-refractivity contribution in [2.24, 2.45) is 11.7 Å². The van der Waals surface area contributed by atoms with Crippen molar-refractivity contribution in [3.8, 4) is 0 Å². The van der Waals surface area contributed by atoms with Gasteiger partial charge in [0.25, 0.3) is 0 Å². The Bertz CT molecular complexity index is 451. The van der Waals surface area contributed by atoms with Crippen LogP contribution >= 0.6 is 23.2 Å². The highest BCUT2D eigenvalue weighted by Crippen LogP contribution is 2.27. The molecule has 1 saturated heterocycles. The number of likely N-dealkylation sites (tertiary alicyclic amines) is 1. The molecule has 2 N–H and O–H groups in total. The van der Waals surface area contributed by atoms with Crippen molar-refractivity contribution in [3.63, 3.8) is 0 Å². The molecule has 1 amide bonds. The summed E-state index contributed by atoms with van der Waals surface area (Å²) >= 11 is 12.1. The summed E-state index contributed by atoms with van der Waals surface area (Å²) < 4.78 is 0. The minimum Gasteiger partial charge on any atom is -0.369 e. The summed E-state index contributed by atoms with van der Waals surface area (Å²) in [5.74, 6) is -0.256. The third kappa shape index (κ3) is 3.16. The lowest BCUT2D eigenvalue weighted by molar-refractivity contribution is -0.123. The van der Waals surface area contributed by atoms with Crippen LogP contribution in [0.15, 0.2) is 18.2 Å². The highest BCUT2D eigenvalue weighted by atomic mass is 35.5. The zero-order valence-corrected chi connectivity index (χ0v) is 11.5. The van der Waals surface area contributed by atoms with Gasteiger partial charge in [0.05, 0.1) is 16.0 Å². The number of hydrogen-bond donors (Lipinski definition) is 1. The summed E-state index contributed by atoms with van der Waals surface area (Å²) in [5, 5.41) is 1.16. The largest absolute Gasteiger partial charge is 0.369 e. The molecule has 0 aromatic heterocycles. The Morgan fingerprint density at radius 3 is 2.94 bits per heavy atom. The van der Waals surface area contributed by atoms with Crippen molar-refractivity contribution in [2.75, 3.05) is 13.1 Å². The first-order chi connectivity index (χ1) is 8.58. The second-order valence-electron chi connectivity index (χ2n) is 4.69. The second kappa shape index (κ2) is 5.91. The fourth-order valence-corrected chi connectivity index (χ4v) is 2.72. The Morgan fingerprint density at radius 2 is 2.22 bits per heavy atom. The van der Waals surface area contributed by atoms with Gasteiger partial charge >= 0.3 is 0 Å². The third-order valence-corrected chi connectivity index (χ3v) is 4.19. The van der Waals surface area contributed by atoms with Crippen LogP contribution in [0.5, 0.6) is 0 Å². The van der Waals surface area contributed by atoms with Crippen LogP contribution in [-0.2, 0) is 11.3 Å². The van der Waals surface area contributed by atoms with Crippen LogP contribution in [0, 0.1) is 5.92 Å². The molecule has 1 heterocycles. The van der Waals surface area contributed by atoms with Gasteiger partial charge in [-0.1, -0.05) is 35.3 Å². The standard InChI is InChI=1S/C13H16Cl2N2O/c14-11-5-1-3-9(12(11)15)7-17-6-2-4-10(8-17)13(16)18/h1,3,5,10H,2,4,6-8H2,(H2,16,18)/t10-/m1/s1. The first-order valence-electron chi connectivity index (χ1n) is 6.02. The van der Waals surface area contributed by atoms with Crippen molar-refractivity contribution in [3.05, 3.63) is 33.8 Å². The summed E-state index contributed by atoms with van der Waals surface area (Å²) in [5.41, 5.74) is 6.36. The Kier molecular flexibility index (Phi) is 4.49. The van der Waals surface area contributed by atoms with E-state index >= 15 is 0 Å². The van der Waals surface area contributed by atoms with Crippen LogP contribution in [0.25, 0.3) is 0 Å². The molecule has 98 valence electrons. The third-order valence-electron chi connectivity index (χ3n) is 3.33. The lowest BCUT2D eigenvalue weighted by Gasteiger charge is -2.31. The monoisotopic (exact) mass is 286 g/mol. The number of hydrogen-bond acceptors (Lipinski definition) is 2. The van der Waals surface area contributed by atoms with Gasteiger partial charge in [0, 0.05) is 13.1 Å². The van der Waals surface area contributed by atoms with Gasteiger partial charge in [0.15, 0.2) is 0 Å². The number of benzene rings is 1. The number of piperidine rings is 1. The van der Waals surface area contributed by atoms with Crippen LogP contribution in [0.4, 0.5) is 0 Å². The van der Waals surface area contributed by atoms with Crippen molar-refractivity contribution in [1.82, 2.24) is 4.90 Å². The van der Waals surface area contributed by atoms with Gasteiger partial charge in [0.1, 0.15) is 0 Å². The van der Waals surface area contributed by atoms with Crippen LogP contribution in [0.3, 0.4) is 0 Å². The minimum absolute atomic E-state index is 0.0447. The van der Waals surface area contributed by atoms with E-state index in [-0.39, 0.29) is 11.8 Å². The predicted octanol–water partition coefficient (Wildman–Crippen LogP) is 2.69. The van der Waals surface area contributed by atoms with Gasteiger partial charge in [-0.15, -0.1) is 0 Å². The molecule has 0 aliphatic carbocycles. The fraction of sp³-hybridized carbons (Fsp3) is 0.462. The predicted molar refractivity (Wildman–Crippen MR) is 73.7 cm³/mol. The lowest BCUT2D eigenvalue weighted by atomic mass is 9.97. The molecular formula is C13H16Cl2N2O. The fourth-order valence-electron chi connectivity index (χ4n) is 2.34. The van der Waals surface area contributed by atoms with Crippen LogP contribution in [0.1, 0.15) is 18.4 Å². The van der Waals surface area contributed by atoms with E-state index in [0.717, 1.165) is 24.9 Å². The molecule has 0 unspecified atom stereocenters. The maximum atomic E-state index is 11.2. The molecule has 1 aliphatic rings. The molecular weight excluding hydrogens is 271 g/mol. The Labute approximate surface area is 117 Å². The molecule has 0 radical (unpaired) electrons. The number of halogens is 2. The maximum absolute atomic E-state index is 11.2. The van der Waals surface area contributed by atoms with E-state index in [1.165, 1.54) is 0 Å². The highest BCUT2D eigenvalue weighted by molar-refractivity contribution is 6.42. The number of amides is 1. The molecule has 2 rings (SSSR count). The average molecular weight is 287 g/mol. The molecule has 3 nitrogen and oxygen atoms in total. The summed E-state index contributed by atoms with van der Waals surface area (Å²) in [6.07, 6.45) is 1.88. The Morgan fingerprint density at radius 1 is 1.44 bits per heavy atom. The minimum atomic E-state index is -0.211. The van der Waals surface area contributed by atoms with E-state index in [2.05, 4.69) is 4.90 Å². The molecule has 1 aliphatic heterocycles. The average Bonchev–Trinajstić information content (AvgIpc) is 2.35. The van der Waals surface area contributed by atoms with E-state index in [1.54, 1.807) is 6.07 Å². The summed E-state index contributed by atoms with van der Waals surface area (Å²) in [6.45, 7) is 2.38. The van der Waals surface area contributed by atoms with E-state index < -0.39 is 0 Å². The molecule has 0 bridgehead atoms. The molecule has 5 heteroatoms. The van der Waals surface area contributed by atoms with Crippen LogP contribution in [-0.4, -0.2) is 23.9 Å². The molecule has 0 saturated carbocycles. The van der Waals surface area contributed by atoms with Gasteiger partial charge in [-0.25, -0.2) is 0 Å². The van der Waals surface area contributed by atoms with Crippen LogP contribution in [0.2, 0.25) is 10.0 Å². The maximum Gasteiger partial charge on any atom is 0.221 e. The molecule has 1 atom stereocenters. The summed E-state index contributed by atoms with van der Waals surface area (Å²) in [7, 11) is 0. The van der Waals surface area contributed by atoms with E-state index in [4.69, 9.17) is 28.9 Å². The Hall–Kier alpha value is -0.770. The van der Waals surface area contributed by atoms with Crippen LogP contribution < -0.4 is 5.73 Å².